The first-order valence-corrected chi connectivity index (χ1v) is 14.8. The van der Waals surface area contributed by atoms with E-state index in [1.807, 2.05) is 0 Å². The molecule has 0 saturated carbocycles. The molecule has 0 amide bonds. The first-order chi connectivity index (χ1) is 19.9. The minimum atomic E-state index is 0.163. The fraction of sp³-hybridized carbons (Fsp3) is 0.243. The summed E-state index contributed by atoms with van der Waals surface area (Å²) < 4.78 is 0. The van der Waals surface area contributed by atoms with Gasteiger partial charge in [0.2, 0.25) is 0 Å². The molecule has 0 atom stereocenters. The van der Waals surface area contributed by atoms with Gasteiger partial charge in [0.15, 0.2) is 0 Å². The van der Waals surface area contributed by atoms with Gasteiger partial charge in [-0.25, -0.2) is 0 Å². The molecule has 1 saturated heterocycles. The van der Waals surface area contributed by atoms with Crippen LogP contribution in [0.5, 0.6) is 0 Å². The van der Waals surface area contributed by atoms with Gasteiger partial charge in [-0.1, -0.05) is 106 Å². The lowest BCUT2D eigenvalue weighted by atomic mass is 9.86. The Hall–Kier alpha value is -4.44. The largest absolute Gasteiger partial charge is 0.371 e. The molecule has 0 radical (unpaired) electrons. The number of aromatic nitrogens is 3. The lowest BCUT2D eigenvalue weighted by Gasteiger charge is -2.29. The van der Waals surface area contributed by atoms with Crippen LogP contribution in [0.3, 0.4) is 0 Å². The zero-order valence-corrected chi connectivity index (χ0v) is 24.1. The van der Waals surface area contributed by atoms with Crippen LogP contribution in [0.15, 0.2) is 103 Å². The van der Waals surface area contributed by atoms with Crippen LogP contribution in [-0.4, -0.2) is 28.1 Å². The van der Waals surface area contributed by atoms with Crippen LogP contribution in [-0.2, 0) is 5.41 Å². The van der Waals surface area contributed by atoms with Gasteiger partial charge >= 0.3 is 0 Å². The lowest BCUT2D eigenvalue weighted by Crippen LogP contribution is -2.29. The second-order valence-corrected chi connectivity index (χ2v) is 12.3. The van der Waals surface area contributed by atoms with Gasteiger partial charge in [-0.15, -0.1) is 10.2 Å². The van der Waals surface area contributed by atoms with Crippen LogP contribution >= 0.6 is 0 Å². The summed E-state index contributed by atoms with van der Waals surface area (Å²) in [6.07, 6.45) is 3.82. The number of nitrogens with zero attached hydrogens (tertiary/aromatic N) is 4. The molecule has 1 aliphatic rings. The third kappa shape index (κ3) is 4.88. The quantitative estimate of drug-likeness (QED) is 0.225. The monoisotopic (exact) mass is 536 g/mol. The van der Waals surface area contributed by atoms with Crippen molar-refractivity contribution < 1.29 is 0 Å². The number of hydrogen-bond donors (Lipinski definition) is 0. The van der Waals surface area contributed by atoms with E-state index in [4.69, 9.17) is 10.2 Å². The van der Waals surface area contributed by atoms with Crippen LogP contribution in [0.1, 0.15) is 45.6 Å². The van der Waals surface area contributed by atoms with Crippen LogP contribution in [0, 0.1) is 0 Å². The normalized spacial score (nSPS) is 14.2. The molecule has 0 N–H and O–H groups in total. The molecule has 1 aromatic heterocycles. The minimum absolute atomic E-state index is 0.163. The molecule has 204 valence electrons. The van der Waals surface area contributed by atoms with E-state index in [2.05, 4.69) is 129 Å². The van der Waals surface area contributed by atoms with Crippen LogP contribution in [0.4, 0.5) is 5.69 Å². The highest BCUT2D eigenvalue weighted by Gasteiger charge is 2.18. The first-order valence-electron chi connectivity index (χ1n) is 14.8. The Balaban J connectivity index is 1.16. The second kappa shape index (κ2) is 10.2. The van der Waals surface area contributed by atoms with Crippen molar-refractivity contribution in [3.05, 3.63) is 109 Å². The summed E-state index contributed by atoms with van der Waals surface area (Å²) in [5.74, 6) is 0. The molecule has 4 heteroatoms. The molecule has 0 unspecified atom stereocenters. The van der Waals surface area contributed by atoms with Crippen molar-refractivity contribution in [2.24, 2.45) is 0 Å². The number of rotatable bonds is 4. The Morgan fingerprint density at radius 3 is 1.71 bits per heavy atom. The molecule has 2 heterocycles. The van der Waals surface area contributed by atoms with Gasteiger partial charge in [0.05, 0.1) is 5.69 Å². The van der Waals surface area contributed by atoms with Crippen LogP contribution < -0.4 is 4.90 Å². The van der Waals surface area contributed by atoms with Gasteiger partial charge in [0.25, 0.3) is 0 Å². The van der Waals surface area contributed by atoms with E-state index < -0.39 is 0 Å². The van der Waals surface area contributed by atoms with Gasteiger partial charge in [-0.05, 0) is 70.7 Å². The molecular formula is C37H36N4. The topological polar surface area (TPSA) is 34.0 Å². The Morgan fingerprint density at radius 1 is 0.585 bits per heavy atom. The Morgan fingerprint density at radius 2 is 1.12 bits per heavy atom. The maximum Gasteiger partial charge on any atom is 0.121 e. The fourth-order valence-corrected chi connectivity index (χ4v) is 6.04. The molecule has 6 aromatic rings. The van der Waals surface area contributed by atoms with Crippen molar-refractivity contribution in [1.82, 2.24) is 15.0 Å². The molecule has 0 aliphatic carbocycles. The average Bonchev–Trinajstić information content (AvgIpc) is 3.46. The molecule has 0 bridgehead atoms. The van der Waals surface area contributed by atoms with Gasteiger partial charge in [0.1, 0.15) is 11.0 Å². The lowest BCUT2D eigenvalue weighted by molar-refractivity contribution is 0.579. The Bertz CT molecular complexity index is 1820. The molecule has 4 nitrogen and oxygen atoms in total. The van der Waals surface area contributed by atoms with Crippen molar-refractivity contribution in [2.75, 3.05) is 18.0 Å². The zero-order valence-electron chi connectivity index (χ0n) is 24.1. The molecule has 1 fully saturated rings. The van der Waals surface area contributed by atoms with Crippen molar-refractivity contribution in [2.45, 2.75) is 45.4 Å². The summed E-state index contributed by atoms with van der Waals surface area (Å²) >= 11 is 0. The number of piperidine rings is 1. The molecule has 0 spiro atoms. The molecule has 7 rings (SSSR count). The Labute approximate surface area is 242 Å². The van der Waals surface area contributed by atoms with Gasteiger partial charge in [0, 0.05) is 29.5 Å². The van der Waals surface area contributed by atoms with Gasteiger partial charge in [-0.2, -0.15) is 4.80 Å². The van der Waals surface area contributed by atoms with E-state index in [0.717, 1.165) is 29.8 Å². The van der Waals surface area contributed by atoms with Crippen molar-refractivity contribution >= 4 is 27.5 Å². The van der Waals surface area contributed by atoms with E-state index in [1.54, 1.807) is 4.80 Å². The summed E-state index contributed by atoms with van der Waals surface area (Å²) in [6.45, 7) is 8.97. The first kappa shape index (κ1) is 25.5. The highest BCUT2D eigenvalue weighted by molar-refractivity contribution is 6.10. The zero-order chi connectivity index (χ0) is 28.0. The second-order valence-electron chi connectivity index (χ2n) is 12.3. The number of benzene rings is 5. The Kier molecular flexibility index (Phi) is 6.34. The summed E-state index contributed by atoms with van der Waals surface area (Å²) in [5.41, 5.74) is 10.5. The summed E-state index contributed by atoms with van der Waals surface area (Å²) in [7, 11) is 0. The van der Waals surface area contributed by atoms with E-state index in [1.165, 1.54) is 63.5 Å². The summed E-state index contributed by atoms with van der Waals surface area (Å²) in [5, 5.41) is 12.3. The number of anilines is 1. The predicted molar refractivity (Wildman–Crippen MR) is 172 cm³/mol. The van der Waals surface area contributed by atoms with E-state index >= 15 is 0 Å². The average molecular weight is 537 g/mol. The molecule has 1 aliphatic heterocycles. The predicted octanol–water partition coefficient (Wildman–Crippen LogP) is 9.20. The van der Waals surface area contributed by atoms with Crippen molar-refractivity contribution in [3.63, 3.8) is 0 Å². The number of fused-ring (bicyclic) bond motifs is 3. The van der Waals surface area contributed by atoms with Gasteiger partial charge < -0.3 is 4.90 Å². The smallest absolute Gasteiger partial charge is 0.121 e. The van der Waals surface area contributed by atoms with E-state index in [9.17, 15) is 0 Å². The fourth-order valence-electron chi connectivity index (χ4n) is 6.04. The third-order valence-corrected chi connectivity index (χ3v) is 8.47. The maximum absolute atomic E-state index is 4.95. The maximum atomic E-state index is 4.95. The standard InChI is InChI=1S/C37H36N4/c1-37(2,3)30-19-15-28(16-20-30)26-11-13-27(14-12-26)29-17-21-31(22-18-29)41-38-34-25-35(40-23-7-4-8-24-40)32-9-5-6-10-33(32)36(34)39-41/h5-6,9-22,25H,4,7-8,23-24H2,1-3H3. The molecule has 41 heavy (non-hydrogen) atoms. The van der Waals surface area contributed by atoms with Gasteiger partial charge in [-0.3, -0.25) is 0 Å². The van der Waals surface area contributed by atoms with Crippen LogP contribution in [0.25, 0.3) is 49.7 Å². The SMILES string of the molecule is CC(C)(C)c1ccc(-c2ccc(-c3ccc(-n4nc5cc(N6CCCCC6)c6ccccc6c5n4)cc3)cc2)cc1. The van der Waals surface area contributed by atoms with Crippen molar-refractivity contribution in [3.8, 4) is 27.9 Å². The highest BCUT2D eigenvalue weighted by Crippen LogP contribution is 2.34. The van der Waals surface area contributed by atoms with Crippen molar-refractivity contribution in [1.29, 1.82) is 0 Å². The summed E-state index contributed by atoms with van der Waals surface area (Å²) in [4.78, 5) is 4.30. The third-order valence-electron chi connectivity index (χ3n) is 8.47. The highest BCUT2D eigenvalue weighted by atomic mass is 15.5. The molecule has 5 aromatic carbocycles. The van der Waals surface area contributed by atoms with Crippen LogP contribution in [0.2, 0.25) is 0 Å². The van der Waals surface area contributed by atoms with E-state index in [0.29, 0.717) is 0 Å². The number of hydrogen-bond acceptors (Lipinski definition) is 3. The summed E-state index contributed by atoms with van der Waals surface area (Å²) in [6, 6.07) is 37.2. The van der Waals surface area contributed by atoms with E-state index in [-0.39, 0.29) is 5.41 Å². The minimum Gasteiger partial charge on any atom is -0.371 e. The molecular weight excluding hydrogens is 500 g/mol.